The van der Waals surface area contributed by atoms with E-state index in [2.05, 4.69) is 19.9 Å². The van der Waals surface area contributed by atoms with Gasteiger partial charge in [0, 0.05) is 5.39 Å². The quantitative estimate of drug-likeness (QED) is 0.355. The molecule has 0 spiro atoms. The molecule has 0 unspecified atom stereocenters. The normalized spacial score (nSPS) is 11.9. The largest absolute Gasteiger partial charge is 0.493 e. The summed E-state index contributed by atoms with van der Waals surface area (Å²) in [5, 5.41) is 20.2. The average Bonchev–Trinajstić information content (AvgIpc) is 3.35. The highest BCUT2D eigenvalue weighted by Crippen LogP contribution is 2.37. The lowest BCUT2D eigenvalue weighted by atomic mass is 10.1. The first-order chi connectivity index (χ1) is 14.8. The molecule has 0 aliphatic rings. The van der Waals surface area contributed by atoms with Gasteiger partial charge < -0.3 is 10.1 Å². The van der Waals surface area contributed by atoms with E-state index in [1.165, 1.54) is 18.2 Å². The number of aryl methyl sites for hydroxylation is 2. The van der Waals surface area contributed by atoms with Crippen LogP contribution in [0.5, 0.6) is 5.88 Å². The first-order valence-electron chi connectivity index (χ1n) is 9.19. The first-order valence-corrected chi connectivity index (χ1v) is 11.6. The van der Waals surface area contributed by atoms with Crippen LogP contribution in [-0.2, 0) is 10.0 Å². The van der Waals surface area contributed by atoms with Crippen LogP contribution in [0.2, 0.25) is 0 Å². The Labute approximate surface area is 182 Å². The van der Waals surface area contributed by atoms with Gasteiger partial charge in [-0.15, -0.1) is 21.6 Å². The Hall–Kier alpha value is -3.50. The second kappa shape index (κ2) is 7.97. The summed E-state index contributed by atoms with van der Waals surface area (Å²) in [6, 6.07) is 13.0. The molecule has 0 radical (unpaired) electrons. The molecular weight excluding hydrogens is 436 g/mol. The van der Waals surface area contributed by atoms with Gasteiger partial charge in [-0.1, -0.05) is 29.8 Å². The zero-order valence-electron chi connectivity index (χ0n) is 16.6. The molecule has 1 amide bonds. The summed E-state index contributed by atoms with van der Waals surface area (Å²) in [5.74, 6) is -0.950. The highest BCUT2D eigenvalue weighted by Gasteiger charge is 2.20. The van der Waals surface area contributed by atoms with Crippen molar-refractivity contribution in [3.8, 4) is 5.88 Å². The van der Waals surface area contributed by atoms with E-state index >= 15 is 0 Å². The van der Waals surface area contributed by atoms with Gasteiger partial charge in [0.15, 0.2) is 5.69 Å². The molecule has 0 bridgehead atoms. The number of hydrogen-bond acceptors (Lipinski definition) is 6. The molecule has 31 heavy (non-hydrogen) atoms. The van der Waals surface area contributed by atoms with Gasteiger partial charge in [-0.05, 0) is 49.1 Å². The summed E-state index contributed by atoms with van der Waals surface area (Å²) < 4.78 is 27.6. The topological polar surface area (TPSA) is 124 Å². The van der Waals surface area contributed by atoms with Crippen LogP contribution >= 0.6 is 11.3 Å². The second-order valence-corrected chi connectivity index (χ2v) is 9.77. The van der Waals surface area contributed by atoms with Crippen LogP contribution in [0.25, 0.3) is 10.9 Å². The number of amides is 1. The summed E-state index contributed by atoms with van der Waals surface area (Å²) >= 11 is 1.07. The van der Waals surface area contributed by atoms with Gasteiger partial charge in [0.2, 0.25) is 5.88 Å². The number of H-pyrrole nitrogens is 1. The van der Waals surface area contributed by atoms with Crippen molar-refractivity contribution < 1.29 is 18.3 Å². The smallest absolute Gasteiger partial charge is 0.297 e. The number of fused-ring (bicyclic) bond motifs is 1. The van der Waals surface area contributed by atoms with Gasteiger partial charge in [-0.3, -0.25) is 9.52 Å². The number of carbonyl (C=O) groups excluding carboxylic acids is 1. The number of rotatable bonds is 5. The average molecular weight is 455 g/mol. The minimum Gasteiger partial charge on any atom is -0.493 e. The number of aromatic amines is 1. The van der Waals surface area contributed by atoms with Crippen molar-refractivity contribution in [2.24, 2.45) is 10.2 Å². The van der Waals surface area contributed by atoms with Crippen LogP contribution in [0, 0.1) is 13.8 Å². The number of hydrogen-bond donors (Lipinski definition) is 3. The summed E-state index contributed by atoms with van der Waals surface area (Å²) in [6.07, 6.45) is 0. The number of thiophene rings is 1. The maximum Gasteiger partial charge on any atom is 0.297 e. The highest BCUT2D eigenvalue weighted by atomic mass is 32.2. The van der Waals surface area contributed by atoms with Crippen LogP contribution < -0.4 is 4.72 Å². The Morgan fingerprint density at radius 2 is 1.90 bits per heavy atom. The fourth-order valence-electron chi connectivity index (χ4n) is 3.25. The van der Waals surface area contributed by atoms with E-state index in [1.807, 2.05) is 26.0 Å². The molecule has 158 valence electrons. The Morgan fingerprint density at radius 1 is 1.13 bits per heavy atom. The third kappa shape index (κ3) is 4.07. The first kappa shape index (κ1) is 20.8. The number of nitrogens with zero attached hydrogens (tertiary/aromatic N) is 2. The summed E-state index contributed by atoms with van der Waals surface area (Å²) in [6.45, 7) is 3.81. The number of para-hydroxylation sites is 1. The third-order valence-electron chi connectivity index (χ3n) is 4.61. The van der Waals surface area contributed by atoms with Gasteiger partial charge in [-0.25, -0.2) is 8.42 Å². The number of aromatic nitrogens is 1. The van der Waals surface area contributed by atoms with E-state index in [-0.39, 0.29) is 27.0 Å². The minimum absolute atomic E-state index is 0.0399. The van der Waals surface area contributed by atoms with Crippen molar-refractivity contribution in [3.05, 3.63) is 70.6 Å². The van der Waals surface area contributed by atoms with Gasteiger partial charge >= 0.3 is 0 Å². The zero-order valence-corrected chi connectivity index (χ0v) is 18.2. The molecule has 0 saturated heterocycles. The molecule has 8 nitrogen and oxygen atoms in total. The predicted octanol–water partition coefficient (Wildman–Crippen LogP) is 5.28. The van der Waals surface area contributed by atoms with E-state index in [4.69, 9.17) is 0 Å². The number of anilines is 1. The molecule has 4 rings (SSSR count). The lowest BCUT2D eigenvalue weighted by molar-refractivity contribution is 0.0996. The van der Waals surface area contributed by atoms with E-state index in [0.717, 1.165) is 22.5 Å². The molecule has 2 heterocycles. The Kier molecular flexibility index (Phi) is 5.34. The molecule has 2 aromatic carbocycles. The maximum atomic E-state index is 12.7. The van der Waals surface area contributed by atoms with Gasteiger partial charge in [0.05, 0.1) is 16.8 Å². The van der Waals surface area contributed by atoms with Gasteiger partial charge in [0.1, 0.15) is 4.21 Å². The Morgan fingerprint density at radius 3 is 2.65 bits per heavy atom. The van der Waals surface area contributed by atoms with E-state index in [0.29, 0.717) is 10.9 Å². The Bertz CT molecular complexity index is 1420. The van der Waals surface area contributed by atoms with Gasteiger partial charge in [-0.2, -0.15) is 0 Å². The summed E-state index contributed by atoms with van der Waals surface area (Å²) in [4.78, 5) is 15.6. The number of sulfonamides is 1. The fourth-order valence-corrected chi connectivity index (χ4v) is 5.32. The van der Waals surface area contributed by atoms with Crippen molar-refractivity contribution >= 4 is 49.5 Å². The van der Waals surface area contributed by atoms with Crippen molar-refractivity contribution in [2.45, 2.75) is 18.1 Å². The van der Waals surface area contributed by atoms with E-state index in [1.54, 1.807) is 23.6 Å². The summed E-state index contributed by atoms with van der Waals surface area (Å²) in [5.41, 5.74) is 2.87. The highest BCUT2D eigenvalue weighted by molar-refractivity contribution is 7.94. The maximum absolute atomic E-state index is 12.7. The zero-order chi connectivity index (χ0) is 22.2. The number of nitrogens with one attached hydrogen (secondary N) is 2. The summed E-state index contributed by atoms with van der Waals surface area (Å²) in [7, 11) is -3.83. The number of aromatic hydroxyl groups is 1. The van der Waals surface area contributed by atoms with Crippen molar-refractivity contribution in [1.82, 2.24) is 4.98 Å². The molecular formula is C21H18N4O4S2. The van der Waals surface area contributed by atoms with Crippen molar-refractivity contribution in [3.63, 3.8) is 0 Å². The van der Waals surface area contributed by atoms with Crippen molar-refractivity contribution in [2.75, 3.05) is 4.72 Å². The molecule has 2 aromatic heterocycles. The third-order valence-corrected chi connectivity index (χ3v) is 7.37. The SMILES string of the molecule is Cc1cc(C)c2[nH]c(O)c(N=NC(=O)c3ccccc3NS(=O)(=O)c3cccs3)c2c1. The van der Waals surface area contributed by atoms with Crippen molar-refractivity contribution in [1.29, 1.82) is 0 Å². The molecule has 0 aliphatic carbocycles. The second-order valence-electron chi connectivity index (χ2n) is 6.91. The molecule has 0 fully saturated rings. The number of azo groups is 1. The van der Waals surface area contributed by atoms with Crippen LogP contribution in [0.1, 0.15) is 21.5 Å². The van der Waals surface area contributed by atoms with E-state index in [9.17, 15) is 18.3 Å². The van der Waals surface area contributed by atoms with Crippen LogP contribution in [0.3, 0.4) is 0 Å². The molecule has 0 atom stereocenters. The number of benzene rings is 2. The van der Waals surface area contributed by atoms with Crippen LogP contribution in [0.4, 0.5) is 11.4 Å². The Balaban J connectivity index is 1.67. The number of carbonyl (C=O) groups is 1. The van der Waals surface area contributed by atoms with Crippen LogP contribution in [0.15, 0.2) is 68.3 Å². The fraction of sp³-hybridized carbons (Fsp3) is 0.0952. The van der Waals surface area contributed by atoms with Crippen LogP contribution in [-0.4, -0.2) is 24.4 Å². The predicted molar refractivity (Wildman–Crippen MR) is 120 cm³/mol. The lowest BCUT2D eigenvalue weighted by Gasteiger charge is -2.09. The van der Waals surface area contributed by atoms with Gasteiger partial charge in [0.25, 0.3) is 15.9 Å². The monoisotopic (exact) mass is 454 g/mol. The minimum atomic E-state index is -3.83. The van der Waals surface area contributed by atoms with E-state index < -0.39 is 15.9 Å². The standard InChI is InChI=1S/C21H18N4O4S2/c1-12-10-13(2)18-15(11-12)19(21(27)22-18)23-24-20(26)14-6-3-4-7-16(14)25-31(28,29)17-8-5-9-30-17/h3-11,22,25,27H,1-2H3. The molecule has 10 heteroatoms. The lowest BCUT2D eigenvalue weighted by Crippen LogP contribution is -2.14. The molecule has 0 aliphatic heterocycles. The molecule has 3 N–H and O–H groups in total. The molecule has 0 saturated carbocycles. The molecule has 4 aromatic rings.